The maximum Gasteiger partial charge on any atom is 0.203 e. The summed E-state index contributed by atoms with van der Waals surface area (Å²) in [5.41, 5.74) is 1.54. The van der Waals surface area contributed by atoms with Crippen LogP contribution in [0.4, 0.5) is 20.2 Å². The predicted octanol–water partition coefficient (Wildman–Crippen LogP) is 4.28. The number of nitrogens with zero attached hydrogens (tertiary/aromatic N) is 1. The summed E-state index contributed by atoms with van der Waals surface area (Å²) in [5, 5.41) is 3.60. The maximum atomic E-state index is 13.6. The third-order valence-corrected chi connectivity index (χ3v) is 3.73. The number of aromatic nitrogens is 1. The summed E-state index contributed by atoms with van der Waals surface area (Å²) in [6.45, 7) is 0. The van der Waals surface area contributed by atoms with Crippen molar-refractivity contribution in [3.63, 3.8) is 0 Å². The topological polar surface area (TPSA) is 52.6 Å². The number of hydrogen-bond acceptors (Lipinski definition) is 5. The Morgan fingerprint density at radius 2 is 1.52 bits per heavy atom. The molecular weight excluding hydrogens is 330 g/mol. The number of pyridine rings is 1. The third-order valence-electron chi connectivity index (χ3n) is 3.73. The number of benzene rings is 2. The van der Waals surface area contributed by atoms with E-state index in [1.807, 2.05) is 0 Å². The third kappa shape index (κ3) is 3.13. The number of hydrogen-bond donors (Lipinski definition) is 1. The molecule has 0 amide bonds. The molecule has 2 aromatic carbocycles. The first-order valence-electron chi connectivity index (χ1n) is 7.38. The molecule has 0 aliphatic rings. The number of methoxy groups -OCH3 is 3. The molecule has 130 valence electrons. The Bertz CT molecular complexity index is 907. The minimum atomic E-state index is -0.940. The largest absolute Gasteiger partial charge is 0.493 e. The van der Waals surface area contributed by atoms with Gasteiger partial charge in [0, 0.05) is 41.2 Å². The van der Waals surface area contributed by atoms with Crippen LogP contribution in [-0.2, 0) is 0 Å². The van der Waals surface area contributed by atoms with Crippen molar-refractivity contribution in [2.45, 2.75) is 0 Å². The summed E-state index contributed by atoms with van der Waals surface area (Å²) in [4.78, 5) is 4.06. The monoisotopic (exact) mass is 346 g/mol. The van der Waals surface area contributed by atoms with Gasteiger partial charge in [0.15, 0.2) is 23.1 Å². The number of halogens is 2. The van der Waals surface area contributed by atoms with Crippen molar-refractivity contribution < 1.29 is 23.0 Å². The van der Waals surface area contributed by atoms with Crippen molar-refractivity contribution in [1.82, 2.24) is 4.98 Å². The summed E-state index contributed by atoms with van der Waals surface area (Å²) in [7, 11) is 4.54. The lowest BCUT2D eigenvalue weighted by atomic mass is 10.1. The zero-order chi connectivity index (χ0) is 18.0. The molecule has 1 heterocycles. The van der Waals surface area contributed by atoms with Crippen LogP contribution in [0.25, 0.3) is 10.9 Å². The van der Waals surface area contributed by atoms with Gasteiger partial charge >= 0.3 is 0 Å². The van der Waals surface area contributed by atoms with Gasteiger partial charge in [0.1, 0.15) is 0 Å². The van der Waals surface area contributed by atoms with Gasteiger partial charge in [0.05, 0.1) is 26.8 Å². The fraction of sp³-hybridized carbons (Fsp3) is 0.167. The van der Waals surface area contributed by atoms with E-state index < -0.39 is 11.6 Å². The lowest BCUT2D eigenvalue weighted by Gasteiger charge is -2.16. The zero-order valence-corrected chi connectivity index (χ0v) is 13.9. The highest BCUT2D eigenvalue weighted by Gasteiger charge is 2.14. The van der Waals surface area contributed by atoms with Gasteiger partial charge in [-0.2, -0.15) is 0 Å². The average Bonchev–Trinajstić information content (AvgIpc) is 2.62. The van der Waals surface area contributed by atoms with E-state index in [0.717, 1.165) is 12.1 Å². The highest BCUT2D eigenvalue weighted by atomic mass is 19.2. The molecule has 3 rings (SSSR count). The smallest absolute Gasteiger partial charge is 0.203 e. The Morgan fingerprint density at radius 3 is 2.12 bits per heavy atom. The molecule has 0 fully saturated rings. The van der Waals surface area contributed by atoms with E-state index in [1.165, 1.54) is 27.5 Å². The average molecular weight is 346 g/mol. The second-order valence-corrected chi connectivity index (χ2v) is 5.18. The molecule has 0 saturated carbocycles. The summed E-state index contributed by atoms with van der Waals surface area (Å²) >= 11 is 0. The highest BCUT2D eigenvalue weighted by molar-refractivity contribution is 5.93. The lowest BCUT2D eigenvalue weighted by Crippen LogP contribution is -1.99. The molecule has 0 aliphatic heterocycles. The van der Waals surface area contributed by atoms with E-state index in [0.29, 0.717) is 39.5 Å². The maximum absolute atomic E-state index is 13.6. The number of fused-ring (bicyclic) bond motifs is 1. The van der Waals surface area contributed by atoms with E-state index in [4.69, 9.17) is 14.2 Å². The van der Waals surface area contributed by atoms with E-state index in [-0.39, 0.29) is 0 Å². The molecule has 1 aromatic heterocycles. The first-order chi connectivity index (χ1) is 12.1. The van der Waals surface area contributed by atoms with Gasteiger partial charge in [-0.3, -0.25) is 4.98 Å². The van der Waals surface area contributed by atoms with Crippen LogP contribution in [0.15, 0.2) is 36.5 Å². The van der Waals surface area contributed by atoms with Crippen LogP contribution in [-0.4, -0.2) is 26.3 Å². The number of rotatable bonds is 5. The van der Waals surface area contributed by atoms with Crippen LogP contribution in [0, 0.1) is 11.6 Å². The summed E-state index contributed by atoms with van der Waals surface area (Å²) in [5.74, 6) is -0.471. The van der Waals surface area contributed by atoms with Crippen molar-refractivity contribution in [2.75, 3.05) is 26.6 Å². The van der Waals surface area contributed by atoms with E-state index >= 15 is 0 Å². The first kappa shape index (κ1) is 16.8. The molecular formula is C18H16F2N2O3. The lowest BCUT2D eigenvalue weighted by molar-refractivity contribution is 0.324. The molecule has 0 unspecified atom stereocenters. The molecule has 0 spiro atoms. The fourth-order valence-electron chi connectivity index (χ4n) is 2.56. The zero-order valence-electron chi connectivity index (χ0n) is 13.9. The summed E-state index contributed by atoms with van der Waals surface area (Å²) < 4.78 is 42.9. The molecule has 5 nitrogen and oxygen atoms in total. The molecule has 0 atom stereocenters. The Hall–Kier alpha value is -3.09. The van der Waals surface area contributed by atoms with Gasteiger partial charge in [-0.1, -0.05) is 0 Å². The standard InChI is InChI=1S/C18H16F2N2O3/c1-23-16-6-10(7-17(24-2)18(16)25-3)22-14-4-5-21-15-9-13(20)12(19)8-11(14)15/h4-9H,1-3H3,(H,21,22). The minimum absolute atomic E-state index is 0.344. The van der Waals surface area contributed by atoms with Gasteiger partial charge < -0.3 is 19.5 Å². The Labute approximate surface area is 143 Å². The van der Waals surface area contributed by atoms with Crippen LogP contribution in [0.5, 0.6) is 17.2 Å². The van der Waals surface area contributed by atoms with Gasteiger partial charge in [-0.05, 0) is 12.1 Å². The summed E-state index contributed by atoms with van der Waals surface area (Å²) in [6.07, 6.45) is 1.51. The van der Waals surface area contributed by atoms with Crippen LogP contribution < -0.4 is 19.5 Å². The molecule has 0 radical (unpaired) electrons. The van der Waals surface area contributed by atoms with Gasteiger partial charge in [0.25, 0.3) is 0 Å². The van der Waals surface area contributed by atoms with Gasteiger partial charge in [-0.15, -0.1) is 0 Å². The van der Waals surface area contributed by atoms with Crippen LogP contribution >= 0.6 is 0 Å². The highest BCUT2D eigenvalue weighted by Crippen LogP contribution is 2.41. The Morgan fingerprint density at radius 1 is 0.880 bits per heavy atom. The molecule has 0 aliphatic carbocycles. The number of anilines is 2. The van der Waals surface area contributed by atoms with Gasteiger partial charge in [-0.25, -0.2) is 8.78 Å². The number of nitrogens with one attached hydrogen (secondary N) is 1. The second-order valence-electron chi connectivity index (χ2n) is 5.18. The second kappa shape index (κ2) is 6.80. The predicted molar refractivity (Wildman–Crippen MR) is 91.0 cm³/mol. The fourth-order valence-corrected chi connectivity index (χ4v) is 2.56. The van der Waals surface area contributed by atoms with Crippen molar-refractivity contribution in [1.29, 1.82) is 0 Å². The minimum Gasteiger partial charge on any atom is -0.493 e. The van der Waals surface area contributed by atoms with E-state index in [2.05, 4.69) is 10.3 Å². The molecule has 0 bridgehead atoms. The number of ether oxygens (including phenoxy) is 3. The van der Waals surface area contributed by atoms with Crippen LogP contribution in [0.2, 0.25) is 0 Å². The molecule has 25 heavy (non-hydrogen) atoms. The molecule has 1 N–H and O–H groups in total. The van der Waals surface area contributed by atoms with Crippen molar-refractivity contribution in [3.05, 3.63) is 48.2 Å². The SMILES string of the molecule is COc1cc(Nc2ccnc3cc(F)c(F)cc23)cc(OC)c1OC. The van der Waals surface area contributed by atoms with Crippen molar-refractivity contribution in [2.24, 2.45) is 0 Å². The molecule has 7 heteroatoms. The molecule has 0 saturated heterocycles. The van der Waals surface area contributed by atoms with Crippen LogP contribution in [0.1, 0.15) is 0 Å². The van der Waals surface area contributed by atoms with E-state index in [9.17, 15) is 8.78 Å². The van der Waals surface area contributed by atoms with Crippen molar-refractivity contribution in [3.8, 4) is 17.2 Å². The van der Waals surface area contributed by atoms with Crippen molar-refractivity contribution >= 4 is 22.3 Å². The Kier molecular flexibility index (Phi) is 4.56. The Balaban J connectivity index is 2.08. The first-order valence-corrected chi connectivity index (χ1v) is 7.38. The van der Waals surface area contributed by atoms with Gasteiger partial charge in [0.2, 0.25) is 5.75 Å². The normalized spacial score (nSPS) is 10.6. The quantitative estimate of drug-likeness (QED) is 0.747. The van der Waals surface area contributed by atoms with Crippen LogP contribution in [0.3, 0.4) is 0 Å². The summed E-state index contributed by atoms with van der Waals surface area (Å²) in [6, 6.07) is 7.27. The van der Waals surface area contributed by atoms with E-state index in [1.54, 1.807) is 18.2 Å². The molecule has 3 aromatic rings.